The van der Waals surface area contributed by atoms with Crippen molar-refractivity contribution in [2.24, 2.45) is 0 Å². The molecular formula is C19H25N7O3. The molecule has 0 spiro atoms. The molecule has 1 amide bonds. The number of fused-ring (bicyclic) bond motifs is 1. The van der Waals surface area contributed by atoms with Crippen LogP contribution in [0.1, 0.15) is 53.2 Å². The number of nitrogens with one attached hydrogen (secondary N) is 1. The van der Waals surface area contributed by atoms with Gasteiger partial charge in [0.1, 0.15) is 5.69 Å². The zero-order chi connectivity index (χ0) is 20.5. The Hall–Kier alpha value is -3.01. The van der Waals surface area contributed by atoms with Crippen LogP contribution in [0.25, 0.3) is 11.6 Å². The minimum absolute atomic E-state index is 0.153. The predicted molar refractivity (Wildman–Crippen MR) is 103 cm³/mol. The van der Waals surface area contributed by atoms with Gasteiger partial charge in [0.2, 0.25) is 0 Å². The van der Waals surface area contributed by atoms with E-state index in [4.69, 9.17) is 14.4 Å². The number of likely N-dealkylation sites (N-methyl/N-ethyl adjacent to an activating group) is 1. The molecule has 1 aliphatic heterocycles. The van der Waals surface area contributed by atoms with Crippen LogP contribution < -0.4 is 0 Å². The van der Waals surface area contributed by atoms with E-state index in [9.17, 15) is 4.79 Å². The van der Waals surface area contributed by atoms with E-state index in [1.807, 2.05) is 11.6 Å². The molecule has 4 rings (SSSR count). The Morgan fingerprint density at radius 1 is 1.41 bits per heavy atom. The summed E-state index contributed by atoms with van der Waals surface area (Å²) in [5.74, 6) is 0.764. The summed E-state index contributed by atoms with van der Waals surface area (Å²) in [7, 11) is 1.73. The highest BCUT2D eigenvalue weighted by Gasteiger charge is 2.26. The lowest BCUT2D eigenvalue weighted by Crippen LogP contribution is -2.29. The molecule has 0 radical (unpaired) electrons. The molecule has 10 nitrogen and oxygen atoms in total. The van der Waals surface area contributed by atoms with Gasteiger partial charge in [0, 0.05) is 49.4 Å². The normalized spacial score (nSPS) is 13.7. The molecule has 0 bridgehead atoms. The smallest absolute Gasteiger partial charge is 0.278 e. The Morgan fingerprint density at radius 3 is 2.97 bits per heavy atom. The van der Waals surface area contributed by atoms with Crippen LogP contribution in [0.5, 0.6) is 0 Å². The number of nitrogens with zero attached hydrogens (tertiary/aromatic N) is 6. The van der Waals surface area contributed by atoms with E-state index < -0.39 is 0 Å². The third-order valence-electron chi connectivity index (χ3n) is 4.95. The van der Waals surface area contributed by atoms with E-state index in [2.05, 4.69) is 34.2 Å². The molecule has 0 saturated heterocycles. The van der Waals surface area contributed by atoms with Crippen molar-refractivity contribution in [1.82, 2.24) is 35.0 Å². The maximum absolute atomic E-state index is 12.4. The molecule has 10 heteroatoms. The molecule has 3 aromatic heterocycles. The molecule has 1 N–H and O–H groups in total. The number of aromatic nitrogens is 6. The molecule has 154 valence electrons. The SMILES string of the molecule is Cc1cc(C(=O)N(C)CCc2noc(-c3nn(C(C)C)c4c3COCC4)n2)n[nH]1. The first-order chi connectivity index (χ1) is 13.9. The Bertz CT molecular complexity index is 1020. The van der Waals surface area contributed by atoms with Crippen molar-refractivity contribution in [2.45, 2.75) is 46.3 Å². The summed E-state index contributed by atoms with van der Waals surface area (Å²) in [4.78, 5) is 18.5. The zero-order valence-electron chi connectivity index (χ0n) is 17.1. The molecule has 3 aromatic rings. The minimum atomic E-state index is -0.153. The standard InChI is InChI=1S/C19H25N7O3/c1-11(2)26-15-6-8-28-10-13(15)17(23-26)18-20-16(24-29-18)5-7-25(4)19(27)14-9-12(3)21-22-14/h9,11H,5-8,10H2,1-4H3,(H,21,22). The molecule has 0 saturated carbocycles. The first-order valence-electron chi connectivity index (χ1n) is 9.72. The topological polar surface area (TPSA) is 115 Å². The van der Waals surface area contributed by atoms with Crippen LogP contribution in [0.3, 0.4) is 0 Å². The number of rotatable bonds is 6. The number of aryl methyl sites for hydroxylation is 1. The van der Waals surface area contributed by atoms with Crippen LogP contribution >= 0.6 is 0 Å². The van der Waals surface area contributed by atoms with Crippen LogP contribution in [-0.4, -0.2) is 61.1 Å². The van der Waals surface area contributed by atoms with Gasteiger partial charge < -0.3 is 14.2 Å². The van der Waals surface area contributed by atoms with Crippen LogP contribution in [0, 0.1) is 6.92 Å². The lowest BCUT2D eigenvalue weighted by atomic mass is 10.1. The molecule has 29 heavy (non-hydrogen) atoms. The largest absolute Gasteiger partial charge is 0.376 e. The summed E-state index contributed by atoms with van der Waals surface area (Å²) in [6.45, 7) is 7.69. The second-order valence-corrected chi connectivity index (χ2v) is 7.54. The molecule has 0 atom stereocenters. The summed E-state index contributed by atoms with van der Waals surface area (Å²) >= 11 is 0. The van der Waals surface area contributed by atoms with Gasteiger partial charge in [0.25, 0.3) is 11.8 Å². The van der Waals surface area contributed by atoms with E-state index in [1.165, 1.54) is 5.69 Å². The van der Waals surface area contributed by atoms with Gasteiger partial charge in [-0.1, -0.05) is 5.16 Å². The van der Waals surface area contributed by atoms with E-state index in [0.717, 1.165) is 17.7 Å². The van der Waals surface area contributed by atoms with Crippen molar-refractivity contribution < 1.29 is 14.1 Å². The molecule has 0 fully saturated rings. The van der Waals surface area contributed by atoms with Gasteiger partial charge in [-0.05, 0) is 26.8 Å². The quantitative estimate of drug-likeness (QED) is 0.673. The van der Waals surface area contributed by atoms with Crippen LogP contribution in [0.2, 0.25) is 0 Å². The minimum Gasteiger partial charge on any atom is -0.376 e. The third kappa shape index (κ3) is 3.80. The van der Waals surface area contributed by atoms with Crippen molar-refractivity contribution in [3.63, 3.8) is 0 Å². The van der Waals surface area contributed by atoms with E-state index in [1.54, 1.807) is 18.0 Å². The van der Waals surface area contributed by atoms with E-state index in [-0.39, 0.29) is 11.9 Å². The van der Waals surface area contributed by atoms with Crippen molar-refractivity contribution >= 4 is 5.91 Å². The lowest BCUT2D eigenvalue weighted by Gasteiger charge is -2.16. The second-order valence-electron chi connectivity index (χ2n) is 7.54. The van der Waals surface area contributed by atoms with Crippen LogP contribution in [-0.2, 0) is 24.2 Å². The van der Waals surface area contributed by atoms with E-state index >= 15 is 0 Å². The second kappa shape index (κ2) is 7.78. The number of aromatic amines is 1. The van der Waals surface area contributed by atoms with Gasteiger partial charge in [-0.3, -0.25) is 14.6 Å². The number of carbonyl (C=O) groups excluding carboxylic acids is 1. The van der Waals surface area contributed by atoms with Crippen molar-refractivity contribution in [2.75, 3.05) is 20.2 Å². The fraction of sp³-hybridized carbons (Fsp3) is 0.526. The maximum Gasteiger partial charge on any atom is 0.278 e. The van der Waals surface area contributed by atoms with Gasteiger partial charge in [-0.15, -0.1) is 0 Å². The summed E-state index contributed by atoms with van der Waals surface area (Å²) in [5.41, 5.74) is 4.10. The highest BCUT2D eigenvalue weighted by atomic mass is 16.5. The van der Waals surface area contributed by atoms with Gasteiger partial charge >= 0.3 is 0 Å². The van der Waals surface area contributed by atoms with Gasteiger partial charge in [0.15, 0.2) is 11.5 Å². The monoisotopic (exact) mass is 399 g/mol. The third-order valence-corrected chi connectivity index (χ3v) is 4.95. The Morgan fingerprint density at radius 2 is 2.24 bits per heavy atom. The van der Waals surface area contributed by atoms with E-state index in [0.29, 0.717) is 49.3 Å². The average Bonchev–Trinajstić information content (AvgIpc) is 3.43. The Kier molecular flexibility index (Phi) is 5.18. The lowest BCUT2D eigenvalue weighted by molar-refractivity contribution is 0.0790. The summed E-state index contributed by atoms with van der Waals surface area (Å²) < 4.78 is 13.1. The maximum atomic E-state index is 12.4. The molecule has 0 aliphatic carbocycles. The number of hydrogen-bond acceptors (Lipinski definition) is 7. The fourth-order valence-corrected chi connectivity index (χ4v) is 3.41. The summed E-state index contributed by atoms with van der Waals surface area (Å²) in [6, 6.07) is 1.96. The highest BCUT2D eigenvalue weighted by Crippen LogP contribution is 2.29. The van der Waals surface area contributed by atoms with Crippen LogP contribution in [0.15, 0.2) is 10.6 Å². The van der Waals surface area contributed by atoms with Gasteiger partial charge in [-0.2, -0.15) is 15.2 Å². The number of ether oxygens (including phenoxy) is 1. The number of H-pyrrole nitrogens is 1. The number of carbonyl (C=O) groups is 1. The fourth-order valence-electron chi connectivity index (χ4n) is 3.41. The van der Waals surface area contributed by atoms with Crippen molar-refractivity contribution in [3.05, 3.63) is 34.5 Å². The van der Waals surface area contributed by atoms with Gasteiger partial charge in [0.05, 0.1) is 13.2 Å². The highest BCUT2D eigenvalue weighted by molar-refractivity contribution is 5.92. The predicted octanol–water partition coefficient (Wildman–Crippen LogP) is 1.93. The van der Waals surface area contributed by atoms with Gasteiger partial charge in [-0.25, -0.2) is 0 Å². The number of hydrogen-bond donors (Lipinski definition) is 1. The molecule has 1 aliphatic rings. The molecule has 0 aromatic carbocycles. The zero-order valence-corrected chi connectivity index (χ0v) is 17.1. The summed E-state index contributed by atoms with van der Waals surface area (Å²) in [5, 5.41) is 15.6. The average molecular weight is 399 g/mol. The van der Waals surface area contributed by atoms with Crippen LogP contribution in [0.4, 0.5) is 0 Å². The first kappa shape index (κ1) is 19.3. The first-order valence-corrected chi connectivity index (χ1v) is 9.72. The molecule has 0 unspecified atom stereocenters. The summed E-state index contributed by atoms with van der Waals surface area (Å²) in [6.07, 6.45) is 1.29. The Balaban J connectivity index is 1.47. The van der Waals surface area contributed by atoms with Crippen molar-refractivity contribution in [1.29, 1.82) is 0 Å². The van der Waals surface area contributed by atoms with Crippen molar-refractivity contribution in [3.8, 4) is 11.6 Å². The molecular weight excluding hydrogens is 374 g/mol. The number of amides is 1. The molecule has 4 heterocycles. The Labute approximate surface area is 168 Å².